The summed E-state index contributed by atoms with van der Waals surface area (Å²) in [5.74, 6) is 1.39. The first kappa shape index (κ1) is 14.9. The minimum absolute atomic E-state index is 0.166. The molecule has 3 aromatic rings. The molecule has 0 saturated carbocycles. The Morgan fingerprint density at radius 1 is 1.12 bits per heavy atom. The first-order chi connectivity index (χ1) is 11.6. The number of carbonyl (C=O) groups is 1. The van der Waals surface area contributed by atoms with Gasteiger partial charge in [0.1, 0.15) is 5.82 Å². The van der Waals surface area contributed by atoms with E-state index in [1.165, 1.54) is 11.1 Å². The Labute approximate surface area is 141 Å². The van der Waals surface area contributed by atoms with Gasteiger partial charge in [-0.3, -0.25) is 4.79 Å². The molecule has 0 spiro atoms. The molecule has 4 nitrogen and oxygen atoms in total. The summed E-state index contributed by atoms with van der Waals surface area (Å²) >= 11 is 0. The van der Waals surface area contributed by atoms with Gasteiger partial charge < -0.3 is 9.47 Å². The number of likely N-dealkylation sites (tertiary alicyclic amines) is 1. The molecule has 0 N–H and O–H groups in total. The Morgan fingerprint density at radius 2 is 1.88 bits per heavy atom. The number of benzene rings is 2. The van der Waals surface area contributed by atoms with Crippen LogP contribution in [0.2, 0.25) is 0 Å². The molecule has 0 unspecified atom stereocenters. The molecule has 0 radical (unpaired) electrons. The average molecular weight is 319 g/mol. The van der Waals surface area contributed by atoms with E-state index in [-0.39, 0.29) is 11.8 Å². The first-order valence-electron chi connectivity index (χ1n) is 8.37. The maximum atomic E-state index is 12.0. The van der Waals surface area contributed by atoms with Gasteiger partial charge in [-0.1, -0.05) is 36.4 Å². The van der Waals surface area contributed by atoms with Gasteiger partial charge in [-0.05, 0) is 30.2 Å². The number of carbonyl (C=O) groups excluding carboxylic acids is 1. The van der Waals surface area contributed by atoms with Crippen molar-refractivity contribution >= 4 is 16.9 Å². The van der Waals surface area contributed by atoms with Crippen LogP contribution in [0.3, 0.4) is 0 Å². The fraction of sp³-hybridized carbons (Fsp3) is 0.300. The van der Waals surface area contributed by atoms with Crippen LogP contribution in [0.5, 0.6) is 0 Å². The van der Waals surface area contributed by atoms with E-state index in [4.69, 9.17) is 4.98 Å². The molecule has 122 valence electrons. The summed E-state index contributed by atoms with van der Waals surface area (Å²) in [7, 11) is 1.87. The number of nitrogens with zero attached hydrogens (tertiary/aromatic N) is 3. The highest BCUT2D eigenvalue weighted by Crippen LogP contribution is 2.30. The van der Waals surface area contributed by atoms with Gasteiger partial charge in [0.25, 0.3) is 0 Å². The number of imidazole rings is 1. The highest BCUT2D eigenvalue weighted by atomic mass is 16.2. The summed E-state index contributed by atoms with van der Waals surface area (Å²) < 4.78 is 2.29. The van der Waals surface area contributed by atoms with Gasteiger partial charge in [-0.25, -0.2) is 4.98 Å². The second kappa shape index (κ2) is 5.78. The van der Waals surface area contributed by atoms with Gasteiger partial charge in [0.05, 0.1) is 11.0 Å². The predicted molar refractivity (Wildman–Crippen MR) is 95.0 cm³/mol. The molecule has 1 atom stereocenters. The van der Waals surface area contributed by atoms with E-state index >= 15 is 0 Å². The predicted octanol–water partition coefficient (Wildman–Crippen LogP) is 3.34. The Bertz CT molecular complexity index is 912. The summed E-state index contributed by atoms with van der Waals surface area (Å²) in [4.78, 5) is 18.7. The Kier molecular flexibility index (Phi) is 3.60. The number of likely N-dealkylation sites (N-methyl/N-ethyl adjacent to an activating group) is 1. The van der Waals surface area contributed by atoms with Crippen LogP contribution in [0, 0.1) is 6.92 Å². The minimum atomic E-state index is 0.166. The van der Waals surface area contributed by atoms with Crippen molar-refractivity contribution in [3.05, 3.63) is 65.5 Å². The largest absolute Gasteiger partial charge is 0.345 e. The molecule has 1 fully saturated rings. The smallest absolute Gasteiger partial charge is 0.223 e. The third-order valence-electron chi connectivity index (χ3n) is 4.98. The number of aromatic nitrogens is 2. The van der Waals surface area contributed by atoms with Gasteiger partial charge in [0.15, 0.2) is 0 Å². The lowest BCUT2D eigenvalue weighted by Gasteiger charge is -2.15. The van der Waals surface area contributed by atoms with Gasteiger partial charge in [0, 0.05) is 32.5 Å². The second-order valence-electron chi connectivity index (χ2n) is 6.65. The number of hydrogen-bond acceptors (Lipinski definition) is 2. The molecule has 1 saturated heterocycles. The molecule has 2 aromatic carbocycles. The van der Waals surface area contributed by atoms with E-state index in [0.29, 0.717) is 6.42 Å². The third kappa shape index (κ3) is 2.48. The maximum Gasteiger partial charge on any atom is 0.223 e. The highest BCUT2D eigenvalue weighted by molar-refractivity contribution is 5.80. The number of aryl methyl sites for hydroxylation is 1. The summed E-state index contributed by atoms with van der Waals surface area (Å²) in [5.41, 5.74) is 4.71. The number of hydrogen-bond donors (Lipinski definition) is 0. The van der Waals surface area contributed by atoms with Crippen LogP contribution in [0.25, 0.3) is 11.0 Å². The quantitative estimate of drug-likeness (QED) is 0.742. The molecule has 4 heteroatoms. The summed E-state index contributed by atoms with van der Waals surface area (Å²) in [6.07, 6.45) is 0.549. The molecule has 0 bridgehead atoms. The topological polar surface area (TPSA) is 38.1 Å². The zero-order valence-electron chi connectivity index (χ0n) is 14.1. The van der Waals surface area contributed by atoms with Crippen molar-refractivity contribution in [2.45, 2.75) is 25.8 Å². The van der Waals surface area contributed by atoms with Crippen molar-refractivity contribution < 1.29 is 4.79 Å². The molecule has 2 heterocycles. The van der Waals surface area contributed by atoms with Gasteiger partial charge in [-0.15, -0.1) is 0 Å². The van der Waals surface area contributed by atoms with Crippen LogP contribution in [-0.2, 0) is 11.3 Å². The van der Waals surface area contributed by atoms with E-state index in [1.54, 1.807) is 0 Å². The van der Waals surface area contributed by atoms with Gasteiger partial charge in [0.2, 0.25) is 5.91 Å². The van der Waals surface area contributed by atoms with Crippen molar-refractivity contribution in [2.24, 2.45) is 0 Å². The van der Waals surface area contributed by atoms with E-state index in [1.807, 2.05) is 30.1 Å². The average Bonchev–Trinajstić information content (AvgIpc) is 3.11. The van der Waals surface area contributed by atoms with Crippen molar-refractivity contribution in [2.75, 3.05) is 13.6 Å². The molecule has 1 aliphatic heterocycles. The van der Waals surface area contributed by atoms with Crippen molar-refractivity contribution in [1.29, 1.82) is 0 Å². The number of rotatable bonds is 3. The molecular weight excluding hydrogens is 298 g/mol. The fourth-order valence-corrected chi connectivity index (χ4v) is 3.57. The Balaban J connectivity index is 1.82. The van der Waals surface area contributed by atoms with Crippen LogP contribution in [0.4, 0.5) is 0 Å². The van der Waals surface area contributed by atoms with Crippen molar-refractivity contribution in [3.63, 3.8) is 0 Å². The fourth-order valence-electron chi connectivity index (χ4n) is 3.57. The van der Waals surface area contributed by atoms with Crippen LogP contribution in [0.15, 0.2) is 48.5 Å². The Morgan fingerprint density at radius 3 is 2.62 bits per heavy atom. The monoisotopic (exact) mass is 319 g/mol. The Hall–Kier alpha value is -2.62. The third-order valence-corrected chi connectivity index (χ3v) is 4.98. The van der Waals surface area contributed by atoms with Crippen LogP contribution in [0.1, 0.15) is 29.3 Å². The zero-order chi connectivity index (χ0) is 16.7. The second-order valence-corrected chi connectivity index (χ2v) is 6.65. The number of fused-ring (bicyclic) bond motifs is 1. The summed E-state index contributed by atoms with van der Waals surface area (Å²) in [6.45, 7) is 3.67. The van der Waals surface area contributed by atoms with Crippen LogP contribution >= 0.6 is 0 Å². The lowest BCUT2D eigenvalue weighted by Crippen LogP contribution is -2.19. The van der Waals surface area contributed by atoms with Gasteiger partial charge in [-0.2, -0.15) is 0 Å². The standard InChI is InChI=1S/C20H21N3O/c1-14-7-3-4-8-15(14)13-23-18-10-6-5-9-17(18)21-20(23)16-11-19(24)22(2)12-16/h3-10,16H,11-13H2,1-2H3/t16-/m1/s1. The van der Waals surface area contributed by atoms with Crippen molar-refractivity contribution in [1.82, 2.24) is 14.5 Å². The molecule has 0 aliphatic carbocycles. The van der Waals surface area contributed by atoms with E-state index in [2.05, 4.69) is 41.8 Å². The van der Waals surface area contributed by atoms with E-state index in [9.17, 15) is 4.79 Å². The highest BCUT2D eigenvalue weighted by Gasteiger charge is 2.31. The molecular formula is C20H21N3O. The SMILES string of the molecule is Cc1ccccc1Cn1c([C@@H]2CC(=O)N(C)C2)nc2ccccc21. The normalized spacial score (nSPS) is 17.8. The van der Waals surface area contributed by atoms with Crippen LogP contribution < -0.4 is 0 Å². The van der Waals surface area contributed by atoms with Crippen molar-refractivity contribution in [3.8, 4) is 0 Å². The molecule has 4 rings (SSSR count). The molecule has 1 amide bonds. The maximum absolute atomic E-state index is 12.0. The lowest BCUT2D eigenvalue weighted by atomic mass is 10.1. The van der Waals surface area contributed by atoms with E-state index < -0.39 is 0 Å². The minimum Gasteiger partial charge on any atom is -0.345 e. The van der Waals surface area contributed by atoms with E-state index in [0.717, 1.165) is 29.9 Å². The zero-order valence-corrected chi connectivity index (χ0v) is 14.1. The molecule has 1 aliphatic rings. The lowest BCUT2D eigenvalue weighted by molar-refractivity contribution is -0.126. The van der Waals surface area contributed by atoms with Gasteiger partial charge >= 0.3 is 0 Å². The molecule has 24 heavy (non-hydrogen) atoms. The number of amides is 1. The number of para-hydroxylation sites is 2. The first-order valence-corrected chi connectivity index (χ1v) is 8.37. The summed E-state index contributed by atoms with van der Waals surface area (Å²) in [6, 6.07) is 16.7. The van der Waals surface area contributed by atoms with Crippen LogP contribution in [-0.4, -0.2) is 34.0 Å². The molecule has 1 aromatic heterocycles. The summed E-state index contributed by atoms with van der Waals surface area (Å²) in [5, 5.41) is 0.